The van der Waals surface area contributed by atoms with Crippen molar-refractivity contribution in [3.05, 3.63) is 127 Å². The van der Waals surface area contributed by atoms with Gasteiger partial charge in [-0.3, -0.25) is 0 Å². The molecule has 3 aromatic heterocycles. The third kappa shape index (κ3) is 2.87. The van der Waals surface area contributed by atoms with Crippen LogP contribution in [0.5, 0.6) is 0 Å². The molecule has 0 aliphatic heterocycles. The second kappa shape index (κ2) is 7.62. The number of aromatic nitrogens is 1. The summed E-state index contributed by atoms with van der Waals surface area (Å²) in [7, 11) is 0. The zero-order valence-electron chi connectivity index (χ0n) is 20.9. The van der Waals surface area contributed by atoms with Gasteiger partial charge in [0.05, 0.1) is 16.7 Å². The van der Waals surface area contributed by atoms with Gasteiger partial charge in [-0.25, -0.2) is 0 Å². The molecule has 0 amide bonds. The number of nitrogens with zero attached hydrogens (tertiary/aromatic N) is 1. The van der Waals surface area contributed by atoms with Crippen molar-refractivity contribution in [3.63, 3.8) is 0 Å². The molecule has 39 heavy (non-hydrogen) atoms. The summed E-state index contributed by atoms with van der Waals surface area (Å²) in [6.45, 7) is 0. The Balaban J connectivity index is 1.27. The van der Waals surface area contributed by atoms with Crippen molar-refractivity contribution in [1.82, 2.24) is 4.57 Å². The molecule has 9 aromatic rings. The number of hydrogen-bond acceptors (Lipinski definition) is 2. The summed E-state index contributed by atoms with van der Waals surface area (Å²) in [5, 5.41) is 6.98. The van der Waals surface area contributed by atoms with Crippen molar-refractivity contribution in [2.24, 2.45) is 0 Å². The van der Waals surface area contributed by atoms with Crippen molar-refractivity contribution in [1.29, 1.82) is 0 Å². The van der Waals surface area contributed by atoms with Crippen molar-refractivity contribution in [3.8, 4) is 16.8 Å². The number of rotatable bonds is 2. The lowest BCUT2D eigenvalue weighted by Gasteiger charge is -2.08. The van der Waals surface area contributed by atoms with Crippen LogP contribution in [0.25, 0.3) is 82.5 Å². The molecule has 0 saturated carbocycles. The van der Waals surface area contributed by atoms with Gasteiger partial charge in [-0.05, 0) is 59.7 Å². The maximum absolute atomic E-state index is 6.57. The summed E-state index contributed by atoms with van der Waals surface area (Å²) in [5.74, 6) is 0. The average molecular weight is 500 g/mol. The molecule has 182 valence electrons. The Hall–Kier alpha value is -5.28. The molecule has 0 spiro atoms. The van der Waals surface area contributed by atoms with E-state index in [-0.39, 0.29) is 0 Å². The molecular formula is C36H21NO2. The third-order valence-electron chi connectivity index (χ3n) is 8.01. The first-order valence-electron chi connectivity index (χ1n) is 13.2. The third-order valence-corrected chi connectivity index (χ3v) is 8.01. The van der Waals surface area contributed by atoms with E-state index in [0.29, 0.717) is 0 Å². The Morgan fingerprint density at radius 1 is 0.385 bits per heavy atom. The maximum Gasteiger partial charge on any atom is 0.159 e. The molecule has 9 rings (SSSR count). The lowest BCUT2D eigenvalue weighted by atomic mass is 10.0. The van der Waals surface area contributed by atoms with Gasteiger partial charge in [-0.2, -0.15) is 0 Å². The number of benzene rings is 6. The van der Waals surface area contributed by atoms with Crippen LogP contribution in [0.3, 0.4) is 0 Å². The molecule has 0 N–H and O–H groups in total. The smallest absolute Gasteiger partial charge is 0.159 e. The molecule has 0 unspecified atom stereocenters. The standard InChI is InChI=1S/C36H21NO2/c1-4-12-30-24(8-1)25-9-2-5-13-31(25)37(30)32-14-7-11-28-29-20-22(17-19-34(29)39-36(28)32)23-16-18-27-26-10-3-6-15-33(26)38-35(27)21-23/h1-21H. The van der Waals surface area contributed by atoms with E-state index in [1.54, 1.807) is 0 Å². The van der Waals surface area contributed by atoms with Crippen molar-refractivity contribution in [2.75, 3.05) is 0 Å². The van der Waals surface area contributed by atoms with Crippen LogP contribution in [0.15, 0.2) is 136 Å². The summed E-state index contributed by atoms with van der Waals surface area (Å²) in [6, 6.07) is 44.7. The molecule has 3 heteroatoms. The topological polar surface area (TPSA) is 31.2 Å². The van der Waals surface area contributed by atoms with Crippen LogP contribution in [-0.2, 0) is 0 Å². The zero-order chi connectivity index (χ0) is 25.5. The summed E-state index contributed by atoms with van der Waals surface area (Å²) < 4.78 is 15.1. The Morgan fingerprint density at radius 3 is 1.82 bits per heavy atom. The molecule has 6 aromatic carbocycles. The van der Waals surface area contributed by atoms with Crippen LogP contribution in [0, 0.1) is 0 Å². The molecule has 0 aliphatic carbocycles. The first kappa shape index (κ1) is 20.7. The van der Waals surface area contributed by atoms with Gasteiger partial charge >= 0.3 is 0 Å². The van der Waals surface area contributed by atoms with E-state index in [9.17, 15) is 0 Å². The molecule has 0 fully saturated rings. The Morgan fingerprint density at radius 2 is 1.00 bits per heavy atom. The minimum atomic E-state index is 0.881. The number of para-hydroxylation sites is 4. The SMILES string of the molecule is c1ccc2c(c1)oc1cc(-c3ccc4oc5c(-n6c7ccccc7c7ccccc76)cccc5c4c3)ccc12. The molecular weight excluding hydrogens is 478 g/mol. The van der Waals surface area contributed by atoms with Gasteiger partial charge in [0.15, 0.2) is 5.58 Å². The Kier molecular flexibility index (Phi) is 4.05. The first-order valence-corrected chi connectivity index (χ1v) is 13.2. The normalized spacial score (nSPS) is 12.1. The number of fused-ring (bicyclic) bond motifs is 9. The second-order valence-electron chi connectivity index (χ2n) is 10.1. The number of furan rings is 2. The van der Waals surface area contributed by atoms with Crippen LogP contribution in [0.4, 0.5) is 0 Å². The van der Waals surface area contributed by atoms with E-state index in [1.807, 2.05) is 12.1 Å². The monoisotopic (exact) mass is 499 g/mol. The molecule has 0 bridgehead atoms. The molecule has 3 nitrogen and oxygen atoms in total. The highest BCUT2D eigenvalue weighted by atomic mass is 16.3. The highest BCUT2D eigenvalue weighted by Crippen LogP contribution is 2.39. The van der Waals surface area contributed by atoms with Crippen LogP contribution < -0.4 is 0 Å². The lowest BCUT2D eigenvalue weighted by Crippen LogP contribution is -1.93. The van der Waals surface area contributed by atoms with E-state index >= 15 is 0 Å². The average Bonchev–Trinajstić information content (AvgIpc) is 3.66. The highest BCUT2D eigenvalue weighted by molar-refractivity contribution is 6.13. The molecule has 0 atom stereocenters. The highest BCUT2D eigenvalue weighted by Gasteiger charge is 2.18. The maximum atomic E-state index is 6.57. The lowest BCUT2D eigenvalue weighted by molar-refractivity contribution is 0.666. The molecule has 0 saturated heterocycles. The van der Waals surface area contributed by atoms with Gasteiger partial charge in [0.1, 0.15) is 16.7 Å². The van der Waals surface area contributed by atoms with Crippen molar-refractivity contribution < 1.29 is 8.83 Å². The fraction of sp³-hybridized carbons (Fsp3) is 0. The van der Waals surface area contributed by atoms with Gasteiger partial charge < -0.3 is 13.4 Å². The second-order valence-corrected chi connectivity index (χ2v) is 10.1. The van der Waals surface area contributed by atoms with E-state index in [2.05, 4.69) is 120 Å². The molecule has 3 heterocycles. The fourth-order valence-corrected chi connectivity index (χ4v) is 6.23. The predicted octanol–water partition coefficient (Wildman–Crippen LogP) is 10.2. The van der Waals surface area contributed by atoms with Crippen LogP contribution in [-0.4, -0.2) is 4.57 Å². The van der Waals surface area contributed by atoms with Gasteiger partial charge in [0.25, 0.3) is 0 Å². The quantitative estimate of drug-likeness (QED) is 0.237. The van der Waals surface area contributed by atoms with Crippen molar-refractivity contribution in [2.45, 2.75) is 0 Å². The van der Waals surface area contributed by atoms with Gasteiger partial charge in [-0.15, -0.1) is 0 Å². The summed E-state index contributed by atoms with van der Waals surface area (Å²) in [4.78, 5) is 0. The fourth-order valence-electron chi connectivity index (χ4n) is 6.23. The van der Waals surface area contributed by atoms with Gasteiger partial charge in [0, 0.05) is 32.3 Å². The van der Waals surface area contributed by atoms with Crippen LogP contribution in [0.2, 0.25) is 0 Å². The van der Waals surface area contributed by atoms with Crippen LogP contribution >= 0.6 is 0 Å². The summed E-state index contributed by atoms with van der Waals surface area (Å²) in [6.07, 6.45) is 0. The van der Waals surface area contributed by atoms with E-state index in [0.717, 1.165) is 60.7 Å². The van der Waals surface area contributed by atoms with E-state index in [1.165, 1.54) is 21.8 Å². The Bertz CT molecular complexity index is 2350. The largest absolute Gasteiger partial charge is 0.456 e. The molecule has 0 radical (unpaired) electrons. The summed E-state index contributed by atoms with van der Waals surface area (Å²) >= 11 is 0. The zero-order valence-corrected chi connectivity index (χ0v) is 20.9. The number of hydrogen-bond donors (Lipinski definition) is 0. The van der Waals surface area contributed by atoms with E-state index < -0.39 is 0 Å². The van der Waals surface area contributed by atoms with Crippen LogP contribution in [0.1, 0.15) is 0 Å². The minimum absolute atomic E-state index is 0.881. The first-order chi connectivity index (χ1) is 19.3. The Labute approximate surface area is 223 Å². The van der Waals surface area contributed by atoms with Gasteiger partial charge in [-0.1, -0.05) is 78.9 Å². The predicted molar refractivity (Wildman–Crippen MR) is 161 cm³/mol. The summed E-state index contributed by atoms with van der Waals surface area (Å²) in [5.41, 5.74) is 9.24. The van der Waals surface area contributed by atoms with Gasteiger partial charge in [0.2, 0.25) is 0 Å². The van der Waals surface area contributed by atoms with Crippen molar-refractivity contribution >= 4 is 65.7 Å². The molecule has 0 aliphatic rings. The minimum Gasteiger partial charge on any atom is -0.456 e. The van der Waals surface area contributed by atoms with E-state index in [4.69, 9.17) is 8.83 Å².